The first-order valence-electron chi connectivity index (χ1n) is 8.86. The van der Waals surface area contributed by atoms with Crippen LogP contribution in [0.2, 0.25) is 18.1 Å². The number of nitro groups is 1. The van der Waals surface area contributed by atoms with E-state index in [1.807, 2.05) is 0 Å². The number of carbonyl (C=O) groups is 1. The van der Waals surface area contributed by atoms with E-state index in [1.165, 1.54) is 6.92 Å². The van der Waals surface area contributed by atoms with Gasteiger partial charge in [0.1, 0.15) is 18.0 Å². The number of rotatable bonds is 5. The van der Waals surface area contributed by atoms with E-state index in [9.17, 15) is 19.3 Å². The minimum atomic E-state index is -2.17. The number of halogens is 1. The molecule has 7 nitrogen and oxygen atoms in total. The lowest BCUT2D eigenvalue weighted by atomic mass is 10.2. The number of hydrogen-bond acceptors (Lipinski definition) is 5. The molecular formula is C18H27FN2O5Si. The van der Waals surface area contributed by atoms with E-state index in [1.54, 1.807) is 4.90 Å². The Morgan fingerprint density at radius 3 is 2.41 bits per heavy atom. The first kappa shape index (κ1) is 21.3. The Morgan fingerprint density at radius 1 is 1.30 bits per heavy atom. The normalized spacial score (nSPS) is 20.6. The van der Waals surface area contributed by atoms with Crippen LogP contribution in [0.15, 0.2) is 18.2 Å². The largest absolute Gasteiger partial charge is 0.479 e. The number of hydrogen-bond donors (Lipinski definition) is 0. The molecule has 1 aromatic rings. The zero-order chi connectivity index (χ0) is 20.6. The third-order valence-corrected chi connectivity index (χ3v) is 9.81. The minimum Gasteiger partial charge on any atom is -0.479 e. The van der Waals surface area contributed by atoms with E-state index in [4.69, 9.17) is 9.16 Å². The molecule has 2 rings (SSSR count). The average molecular weight is 399 g/mol. The number of amides is 1. The molecule has 1 aliphatic rings. The minimum absolute atomic E-state index is 0.0496. The van der Waals surface area contributed by atoms with E-state index < -0.39 is 31.3 Å². The molecule has 1 aliphatic heterocycles. The molecule has 0 spiro atoms. The van der Waals surface area contributed by atoms with Crippen LogP contribution in [0.4, 0.5) is 10.1 Å². The summed E-state index contributed by atoms with van der Waals surface area (Å²) >= 11 is 0. The Labute approximate surface area is 159 Å². The first-order valence-corrected chi connectivity index (χ1v) is 11.8. The number of nitrogens with zero attached hydrogens (tertiary/aromatic N) is 2. The van der Waals surface area contributed by atoms with Gasteiger partial charge in [-0.05, 0) is 24.2 Å². The van der Waals surface area contributed by atoms with Gasteiger partial charge in [-0.2, -0.15) is 0 Å². The number of benzene rings is 1. The summed E-state index contributed by atoms with van der Waals surface area (Å²) in [5.74, 6) is -0.906. The number of likely N-dealkylation sites (tertiary alicyclic amines) is 1. The zero-order valence-corrected chi connectivity index (χ0v) is 17.6. The number of ether oxygens (including phenoxy) is 1. The second-order valence-electron chi connectivity index (χ2n) is 8.37. The van der Waals surface area contributed by atoms with Crippen LogP contribution in [0.5, 0.6) is 5.75 Å². The van der Waals surface area contributed by atoms with Gasteiger partial charge in [-0.15, -0.1) is 0 Å². The van der Waals surface area contributed by atoms with Crippen LogP contribution in [0.25, 0.3) is 0 Å². The van der Waals surface area contributed by atoms with Gasteiger partial charge < -0.3 is 14.1 Å². The standard InChI is InChI=1S/C18H27FN2O5Si/c1-12(22)20-10-16(17(11-20)26-27(5,6)18(2,3)4)25-15-9-13(19)7-8-14(15)21(23)24/h7-9,16-17H,10-11H2,1-6H3/t16-,17-/m1/s1. The molecule has 1 heterocycles. The molecule has 9 heteroatoms. The van der Waals surface area contributed by atoms with E-state index in [-0.39, 0.29) is 28.9 Å². The topological polar surface area (TPSA) is 81.9 Å². The molecule has 0 saturated carbocycles. The van der Waals surface area contributed by atoms with Gasteiger partial charge in [0.15, 0.2) is 14.1 Å². The van der Waals surface area contributed by atoms with Gasteiger partial charge in [0.05, 0.1) is 11.5 Å². The van der Waals surface area contributed by atoms with E-state index in [2.05, 4.69) is 33.9 Å². The first-order chi connectivity index (χ1) is 12.3. The Balaban J connectivity index is 2.31. The molecule has 1 amide bonds. The molecule has 0 N–H and O–H groups in total. The van der Waals surface area contributed by atoms with Crippen LogP contribution in [-0.2, 0) is 9.22 Å². The lowest BCUT2D eigenvalue weighted by Gasteiger charge is -2.39. The SMILES string of the molecule is CC(=O)N1C[C@@H](Oc2cc(F)ccc2[N+](=O)[O-])[C@H](O[Si](C)(C)C(C)(C)C)C1. The predicted molar refractivity (Wildman–Crippen MR) is 102 cm³/mol. The van der Waals surface area contributed by atoms with Crippen molar-refractivity contribution in [3.8, 4) is 5.75 Å². The van der Waals surface area contributed by atoms with E-state index in [0.29, 0.717) is 6.54 Å². The Bertz CT molecular complexity index is 735. The number of nitro benzene ring substituents is 1. The van der Waals surface area contributed by atoms with Crippen molar-refractivity contribution in [2.75, 3.05) is 13.1 Å². The zero-order valence-electron chi connectivity index (χ0n) is 16.6. The van der Waals surface area contributed by atoms with Crippen molar-refractivity contribution in [3.63, 3.8) is 0 Å². The van der Waals surface area contributed by atoms with Gasteiger partial charge >= 0.3 is 5.69 Å². The second-order valence-corrected chi connectivity index (χ2v) is 13.1. The highest BCUT2D eigenvalue weighted by atomic mass is 28.4. The smallest absolute Gasteiger partial charge is 0.311 e. The van der Waals surface area contributed by atoms with Crippen molar-refractivity contribution in [1.29, 1.82) is 0 Å². The van der Waals surface area contributed by atoms with Gasteiger partial charge in [0.2, 0.25) is 5.91 Å². The average Bonchev–Trinajstić information content (AvgIpc) is 2.88. The summed E-state index contributed by atoms with van der Waals surface area (Å²) < 4.78 is 25.9. The molecule has 0 bridgehead atoms. The van der Waals surface area contributed by atoms with Crippen molar-refractivity contribution < 1.29 is 23.3 Å². The monoisotopic (exact) mass is 398 g/mol. The molecule has 2 atom stereocenters. The molecule has 0 unspecified atom stereocenters. The van der Waals surface area contributed by atoms with Crippen LogP contribution >= 0.6 is 0 Å². The quantitative estimate of drug-likeness (QED) is 0.429. The van der Waals surface area contributed by atoms with Crippen LogP contribution in [-0.4, -0.2) is 49.3 Å². The molecule has 1 saturated heterocycles. The maximum atomic E-state index is 13.6. The fraction of sp³-hybridized carbons (Fsp3) is 0.611. The Morgan fingerprint density at radius 2 is 1.89 bits per heavy atom. The molecule has 27 heavy (non-hydrogen) atoms. The molecule has 1 fully saturated rings. The highest BCUT2D eigenvalue weighted by Crippen LogP contribution is 2.39. The predicted octanol–water partition coefficient (Wildman–Crippen LogP) is 3.73. The summed E-state index contributed by atoms with van der Waals surface area (Å²) in [7, 11) is -2.17. The summed E-state index contributed by atoms with van der Waals surface area (Å²) in [6, 6.07) is 3.09. The maximum Gasteiger partial charge on any atom is 0.311 e. The lowest BCUT2D eigenvalue weighted by molar-refractivity contribution is -0.386. The molecule has 1 aromatic carbocycles. The van der Waals surface area contributed by atoms with Crippen LogP contribution in [0, 0.1) is 15.9 Å². The lowest BCUT2D eigenvalue weighted by Crippen LogP contribution is -2.48. The Kier molecular flexibility index (Phi) is 5.96. The Hall–Kier alpha value is -2.00. The van der Waals surface area contributed by atoms with Gasteiger partial charge in [0.25, 0.3) is 0 Å². The summed E-state index contributed by atoms with van der Waals surface area (Å²) in [6.45, 7) is 12.5. The van der Waals surface area contributed by atoms with Crippen molar-refractivity contribution in [2.45, 2.75) is 58.0 Å². The molecule has 0 aromatic heterocycles. The van der Waals surface area contributed by atoms with Crippen molar-refractivity contribution >= 4 is 19.9 Å². The summed E-state index contributed by atoms with van der Waals surface area (Å²) in [4.78, 5) is 24.1. The highest BCUT2D eigenvalue weighted by molar-refractivity contribution is 6.74. The molecule has 0 radical (unpaired) electrons. The highest BCUT2D eigenvalue weighted by Gasteiger charge is 2.45. The third kappa shape index (κ3) is 4.84. The van der Waals surface area contributed by atoms with E-state index >= 15 is 0 Å². The van der Waals surface area contributed by atoms with Crippen LogP contribution < -0.4 is 4.74 Å². The van der Waals surface area contributed by atoms with Gasteiger partial charge in [-0.3, -0.25) is 14.9 Å². The third-order valence-electron chi connectivity index (χ3n) is 5.31. The van der Waals surface area contributed by atoms with Crippen molar-refractivity contribution in [1.82, 2.24) is 4.90 Å². The fourth-order valence-electron chi connectivity index (χ4n) is 2.68. The summed E-state index contributed by atoms with van der Waals surface area (Å²) in [6.07, 6.45) is -1.04. The maximum absolute atomic E-state index is 13.6. The van der Waals surface area contributed by atoms with E-state index in [0.717, 1.165) is 18.2 Å². The van der Waals surface area contributed by atoms with Crippen LogP contribution in [0.3, 0.4) is 0 Å². The van der Waals surface area contributed by atoms with Gasteiger partial charge in [0, 0.05) is 25.6 Å². The molecular weight excluding hydrogens is 371 g/mol. The number of carbonyl (C=O) groups excluding carboxylic acids is 1. The summed E-state index contributed by atoms with van der Waals surface area (Å²) in [5, 5.41) is 11.2. The second kappa shape index (κ2) is 7.55. The summed E-state index contributed by atoms with van der Waals surface area (Å²) in [5.41, 5.74) is -0.316. The van der Waals surface area contributed by atoms with Crippen molar-refractivity contribution in [3.05, 3.63) is 34.1 Å². The van der Waals surface area contributed by atoms with Gasteiger partial charge in [-0.25, -0.2) is 4.39 Å². The fourth-order valence-corrected chi connectivity index (χ4v) is 4.02. The molecule has 150 valence electrons. The van der Waals surface area contributed by atoms with Crippen molar-refractivity contribution in [2.24, 2.45) is 0 Å². The van der Waals surface area contributed by atoms with Crippen LogP contribution in [0.1, 0.15) is 27.7 Å². The van der Waals surface area contributed by atoms with Gasteiger partial charge in [-0.1, -0.05) is 20.8 Å². The molecule has 0 aliphatic carbocycles.